The molecule has 0 radical (unpaired) electrons. The van der Waals surface area contributed by atoms with Gasteiger partial charge >= 0.3 is 12.1 Å². The molecule has 0 atom stereocenters. The maximum atomic E-state index is 11.9. The molecule has 0 aliphatic rings. The molecule has 0 aliphatic heterocycles. The van der Waals surface area contributed by atoms with E-state index in [9.17, 15) is 22.8 Å². The Bertz CT molecular complexity index is 506. The SMILES string of the molecule is O=C(CCCNC(=O)C(F)(F)F)COc1cccc(Br)c1. The fourth-order valence-corrected chi connectivity index (χ4v) is 1.76. The smallest absolute Gasteiger partial charge is 0.471 e. The molecule has 0 saturated carbocycles. The van der Waals surface area contributed by atoms with E-state index in [0.717, 1.165) is 4.47 Å². The topological polar surface area (TPSA) is 55.4 Å². The Morgan fingerprint density at radius 2 is 2.00 bits per heavy atom. The molecule has 1 rings (SSSR count). The molecular formula is C13H13BrF3NO3. The van der Waals surface area contributed by atoms with E-state index < -0.39 is 12.1 Å². The molecule has 0 bridgehead atoms. The minimum atomic E-state index is -4.90. The standard InChI is InChI=1S/C13H13BrF3NO3/c14-9-3-1-5-11(7-9)21-8-10(19)4-2-6-18-12(20)13(15,16)17/h1,3,5,7H,2,4,6,8H2,(H,18,20). The van der Waals surface area contributed by atoms with Crippen LogP contribution in [0.3, 0.4) is 0 Å². The largest absolute Gasteiger partial charge is 0.486 e. The molecule has 21 heavy (non-hydrogen) atoms. The first-order valence-corrected chi connectivity index (χ1v) is 6.83. The van der Waals surface area contributed by atoms with Crippen molar-refractivity contribution in [2.24, 2.45) is 0 Å². The Balaban J connectivity index is 2.19. The van der Waals surface area contributed by atoms with E-state index in [1.54, 1.807) is 29.6 Å². The van der Waals surface area contributed by atoms with E-state index in [0.29, 0.717) is 5.75 Å². The molecule has 116 valence electrons. The zero-order valence-electron chi connectivity index (χ0n) is 10.9. The highest BCUT2D eigenvalue weighted by Gasteiger charge is 2.38. The summed E-state index contributed by atoms with van der Waals surface area (Å²) in [6.45, 7) is -0.370. The second-order valence-corrected chi connectivity index (χ2v) is 5.06. The molecule has 8 heteroatoms. The molecule has 4 nitrogen and oxygen atoms in total. The van der Waals surface area contributed by atoms with Gasteiger partial charge in [0.1, 0.15) is 12.4 Å². The zero-order valence-corrected chi connectivity index (χ0v) is 12.5. The lowest BCUT2D eigenvalue weighted by Gasteiger charge is -2.08. The second-order valence-electron chi connectivity index (χ2n) is 4.14. The van der Waals surface area contributed by atoms with Gasteiger partial charge in [-0.2, -0.15) is 13.2 Å². The summed E-state index contributed by atoms with van der Waals surface area (Å²) >= 11 is 3.25. The second kappa shape index (κ2) is 8.02. The highest BCUT2D eigenvalue weighted by molar-refractivity contribution is 9.10. The molecule has 0 heterocycles. The molecule has 0 spiro atoms. The highest BCUT2D eigenvalue weighted by Crippen LogP contribution is 2.17. The predicted octanol–water partition coefficient (Wildman–Crippen LogP) is 2.86. The van der Waals surface area contributed by atoms with Crippen molar-refractivity contribution in [1.29, 1.82) is 0 Å². The molecule has 0 aromatic heterocycles. The number of Topliss-reactive ketones (excluding diaryl/α,β-unsaturated/α-hetero) is 1. The highest BCUT2D eigenvalue weighted by atomic mass is 79.9. The van der Waals surface area contributed by atoms with E-state index in [4.69, 9.17) is 4.74 Å². The summed E-state index contributed by atoms with van der Waals surface area (Å²) in [5.41, 5.74) is 0. The number of ketones is 1. The summed E-state index contributed by atoms with van der Waals surface area (Å²) < 4.78 is 41.7. The van der Waals surface area contributed by atoms with E-state index in [1.807, 2.05) is 0 Å². The summed E-state index contributed by atoms with van der Waals surface area (Å²) in [6, 6.07) is 6.92. The maximum Gasteiger partial charge on any atom is 0.471 e. The Morgan fingerprint density at radius 1 is 1.29 bits per heavy atom. The van der Waals surface area contributed by atoms with Crippen molar-refractivity contribution in [1.82, 2.24) is 5.32 Å². The molecule has 0 saturated heterocycles. The van der Waals surface area contributed by atoms with Crippen molar-refractivity contribution in [3.8, 4) is 5.75 Å². The molecule has 1 amide bonds. The lowest BCUT2D eigenvalue weighted by molar-refractivity contribution is -0.173. The van der Waals surface area contributed by atoms with Gasteiger partial charge in [-0.15, -0.1) is 0 Å². The van der Waals surface area contributed by atoms with Gasteiger partial charge in [-0.3, -0.25) is 9.59 Å². The van der Waals surface area contributed by atoms with Gasteiger partial charge in [0.2, 0.25) is 0 Å². The number of carbonyl (C=O) groups is 2. The lowest BCUT2D eigenvalue weighted by Crippen LogP contribution is -2.37. The van der Waals surface area contributed by atoms with Gasteiger partial charge in [0, 0.05) is 17.4 Å². The first-order valence-electron chi connectivity index (χ1n) is 6.04. The van der Waals surface area contributed by atoms with Crippen LogP contribution >= 0.6 is 15.9 Å². The van der Waals surface area contributed by atoms with Gasteiger partial charge < -0.3 is 10.1 Å². The Hall–Kier alpha value is -1.57. The van der Waals surface area contributed by atoms with Crippen LogP contribution in [-0.4, -0.2) is 31.0 Å². The van der Waals surface area contributed by atoms with Gasteiger partial charge in [-0.1, -0.05) is 22.0 Å². The summed E-state index contributed by atoms with van der Waals surface area (Å²) in [6.07, 6.45) is -4.73. The third-order valence-corrected chi connectivity index (χ3v) is 2.86. The van der Waals surface area contributed by atoms with Gasteiger partial charge in [-0.25, -0.2) is 0 Å². The minimum absolute atomic E-state index is 0.0339. The summed E-state index contributed by atoms with van der Waals surface area (Å²) in [4.78, 5) is 22.0. The third-order valence-electron chi connectivity index (χ3n) is 2.37. The first-order chi connectivity index (χ1) is 9.79. The number of ether oxygens (including phenoxy) is 1. The number of benzene rings is 1. The quantitative estimate of drug-likeness (QED) is 0.754. The first kappa shape index (κ1) is 17.5. The summed E-state index contributed by atoms with van der Waals surface area (Å²) in [5, 5.41) is 1.70. The number of nitrogens with one attached hydrogen (secondary N) is 1. The molecular weight excluding hydrogens is 355 g/mol. The number of hydrogen-bond donors (Lipinski definition) is 1. The van der Waals surface area contributed by atoms with Crippen molar-refractivity contribution in [2.75, 3.05) is 13.2 Å². The van der Waals surface area contributed by atoms with Crippen molar-refractivity contribution in [3.63, 3.8) is 0 Å². The van der Waals surface area contributed by atoms with E-state index >= 15 is 0 Å². The molecule has 0 unspecified atom stereocenters. The van der Waals surface area contributed by atoms with Crippen LogP contribution in [0.4, 0.5) is 13.2 Å². The van der Waals surface area contributed by atoms with Gasteiger partial charge in [0.05, 0.1) is 0 Å². The number of rotatable bonds is 7. The van der Waals surface area contributed by atoms with Crippen molar-refractivity contribution >= 4 is 27.6 Å². The van der Waals surface area contributed by atoms with Crippen LogP contribution in [0.2, 0.25) is 0 Å². The molecule has 0 aliphatic carbocycles. The molecule has 1 aromatic rings. The van der Waals surface area contributed by atoms with Crippen LogP contribution in [0.5, 0.6) is 5.75 Å². The monoisotopic (exact) mass is 367 g/mol. The Kier molecular flexibility index (Phi) is 6.67. The van der Waals surface area contributed by atoms with E-state index in [1.165, 1.54) is 0 Å². The van der Waals surface area contributed by atoms with Crippen molar-refractivity contribution < 1.29 is 27.5 Å². The summed E-state index contributed by atoms with van der Waals surface area (Å²) in [7, 11) is 0. The zero-order chi connectivity index (χ0) is 15.9. The van der Waals surface area contributed by atoms with Crippen molar-refractivity contribution in [2.45, 2.75) is 19.0 Å². The minimum Gasteiger partial charge on any atom is -0.486 e. The molecule has 1 aromatic carbocycles. The molecule has 1 N–H and O–H groups in total. The van der Waals surface area contributed by atoms with E-state index in [-0.39, 0.29) is 31.8 Å². The maximum absolute atomic E-state index is 11.9. The van der Waals surface area contributed by atoms with Gasteiger partial charge in [-0.05, 0) is 24.6 Å². The summed E-state index contributed by atoms with van der Waals surface area (Å²) in [5.74, 6) is -1.74. The van der Waals surface area contributed by atoms with E-state index in [2.05, 4.69) is 15.9 Å². The van der Waals surface area contributed by atoms with Crippen LogP contribution in [0, 0.1) is 0 Å². The van der Waals surface area contributed by atoms with Crippen molar-refractivity contribution in [3.05, 3.63) is 28.7 Å². The average molecular weight is 368 g/mol. The number of alkyl halides is 3. The normalized spacial score (nSPS) is 11.0. The Labute approximate surface area is 127 Å². The number of hydrogen-bond acceptors (Lipinski definition) is 3. The van der Waals surface area contributed by atoms with Crippen LogP contribution in [-0.2, 0) is 9.59 Å². The lowest BCUT2D eigenvalue weighted by atomic mass is 10.2. The van der Waals surface area contributed by atoms with Gasteiger partial charge in [0.15, 0.2) is 5.78 Å². The Morgan fingerprint density at radius 3 is 2.62 bits per heavy atom. The third kappa shape index (κ3) is 7.12. The number of amides is 1. The van der Waals surface area contributed by atoms with Crippen LogP contribution in [0.1, 0.15) is 12.8 Å². The number of halogens is 4. The number of carbonyl (C=O) groups excluding carboxylic acids is 2. The van der Waals surface area contributed by atoms with Gasteiger partial charge in [0.25, 0.3) is 0 Å². The van der Waals surface area contributed by atoms with Crippen LogP contribution in [0.15, 0.2) is 28.7 Å². The predicted molar refractivity (Wildman–Crippen MR) is 72.9 cm³/mol. The average Bonchev–Trinajstić information content (AvgIpc) is 2.40. The fraction of sp³-hybridized carbons (Fsp3) is 0.385. The van der Waals surface area contributed by atoms with Crippen LogP contribution < -0.4 is 10.1 Å². The van der Waals surface area contributed by atoms with Crippen LogP contribution in [0.25, 0.3) is 0 Å². The molecule has 0 fully saturated rings. The fourth-order valence-electron chi connectivity index (χ4n) is 1.38.